The molecular formula is C13H19NOS. The van der Waals surface area contributed by atoms with Crippen LogP contribution in [0.1, 0.15) is 27.7 Å². The predicted molar refractivity (Wildman–Crippen MR) is 70.6 cm³/mol. The molecular weight excluding hydrogens is 218 g/mol. The van der Waals surface area contributed by atoms with Crippen LogP contribution in [0.3, 0.4) is 0 Å². The summed E-state index contributed by atoms with van der Waals surface area (Å²) in [5.41, 5.74) is 1.15. The Balaban J connectivity index is 2.31. The lowest BCUT2D eigenvalue weighted by Crippen LogP contribution is -2.30. The summed E-state index contributed by atoms with van der Waals surface area (Å²) < 4.78 is 6.06. The third kappa shape index (κ3) is 2.46. The van der Waals surface area contributed by atoms with Gasteiger partial charge in [-0.2, -0.15) is 0 Å². The molecule has 0 aliphatic carbocycles. The number of hydrogen-bond acceptors (Lipinski definition) is 3. The highest BCUT2D eigenvalue weighted by Gasteiger charge is 2.27. The van der Waals surface area contributed by atoms with E-state index in [2.05, 4.69) is 45.1 Å². The third-order valence-corrected chi connectivity index (χ3v) is 3.68. The van der Waals surface area contributed by atoms with Crippen molar-refractivity contribution < 1.29 is 4.74 Å². The van der Waals surface area contributed by atoms with E-state index in [0.29, 0.717) is 0 Å². The topological polar surface area (TPSA) is 21.3 Å². The molecule has 0 unspecified atom stereocenters. The lowest BCUT2D eigenvalue weighted by atomic mass is 10.2. The summed E-state index contributed by atoms with van der Waals surface area (Å²) >= 11 is 1.91. The first-order chi connectivity index (χ1) is 7.48. The van der Waals surface area contributed by atoms with Crippen LogP contribution < -0.4 is 10.1 Å². The van der Waals surface area contributed by atoms with Crippen LogP contribution in [0.4, 0.5) is 5.69 Å². The van der Waals surface area contributed by atoms with Crippen LogP contribution in [0.5, 0.6) is 5.75 Å². The standard InChI is InChI=1S/C13H19NOS/c1-9(2)15-10-6-5-7-11-12(10)14-8-13(3,4)16-11/h5-7,9,14H,8H2,1-4H3. The fourth-order valence-electron chi connectivity index (χ4n) is 1.76. The van der Waals surface area contributed by atoms with E-state index in [1.807, 2.05) is 17.8 Å². The molecule has 1 aliphatic heterocycles. The van der Waals surface area contributed by atoms with E-state index in [9.17, 15) is 0 Å². The Morgan fingerprint density at radius 1 is 1.38 bits per heavy atom. The highest BCUT2D eigenvalue weighted by Crippen LogP contribution is 2.45. The van der Waals surface area contributed by atoms with Crippen molar-refractivity contribution in [3.8, 4) is 5.75 Å². The van der Waals surface area contributed by atoms with Crippen molar-refractivity contribution in [3.05, 3.63) is 18.2 Å². The molecule has 0 amide bonds. The Morgan fingerprint density at radius 3 is 2.81 bits per heavy atom. The number of anilines is 1. The van der Waals surface area contributed by atoms with Gasteiger partial charge in [0.15, 0.2) is 0 Å². The molecule has 0 saturated carbocycles. The van der Waals surface area contributed by atoms with Gasteiger partial charge in [0, 0.05) is 16.2 Å². The lowest BCUT2D eigenvalue weighted by Gasteiger charge is -2.32. The van der Waals surface area contributed by atoms with Crippen molar-refractivity contribution in [2.24, 2.45) is 0 Å². The van der Waals surface area contributed by atoms with Gasteiger partial charge in [-0.1, -0.05) is 6.07 Å². The molecule has 2 rings (SSSR count). The Morgan fingerprint density at radius 2 is 2.12 bits per heavy atom. The maximum absolute atomic E-state index is 5.80. The summed E-state index contributed by atoms with van der Waals surface area (Å²) in [6, 6.07) is 6.25. The van der Waals surface area contributed by atoms with Crippen LogP contribution in [0.15, 0.2) is 23.1 Å². The average Bonchev–Trinajstić information content (AvgIpc) is 2.15. The van der Waals surface area contributed by atoms with E-state index >= 15 is 0 Å². The van der Waals surface area contributed by atoms with E-state index in [0.717, 1.165) is 18.0 Å². The minimum Gasteiger partial charge on any atom is -0.489 e. The second-order valence-corrected chi connectivity index (χ2v) is 6.76. The van der Waals surface area contributed by atoms with Gasteiger partial charge in [0.05, 0.1) is 11.8 Å². The third-order valence-electron chi connectivity index (χ3n) is 2.43. The Bertz CT molecular complexity index is 373. The molecule has 0 saturated heterocycles. The van der Waals surface area contributed by atoms with Gasteiger partial charge in [0.2, 0.25) is 0 Å². The van der Waals surface area contributed by atoms with Gasteiger partial charge in [-0.25, -0.2) is 0 Å². The molecule has 1 N–H and O–H groups in total. The fraction of sp³-hybridized carbons (Fsp3) is 0.538. The normalized spacial score (nSPS) is 17.8. The van der Waals surface area contributed by atoms with Crippen LogP contribution in [0.25, 0.3) is 0 Å². The molecule has 0 spiro atoms. The zero-order valence-corrected chi connectivity index (χ0v) is 11.1. The van der Waals surface area contributed by atoms with E-state index in [-0.39, 0.29) is 10.9 Å². The first-order valence-electron chi connectivity index (χ1n) is 5.70. The van der Waals surface area contributed by atoms with Crippen molar-refractivity contribution in [3.63, 3.8) is 0 Å². The molecule has 16 heavy (non-hydrogen) atoms. The lowest BCUT2D eigenvalue weighted by molar-refractivity contribution is 0.243. The molecule has 3 heteroatoms. The number of hydrogen-bond donors (Lipinski definition) is 1. The van der Waals surface area contributed by atoms with Crippen LogP contribution >= 0.6 is 11.8 Å². The smallest absolute Gasteiger partial charge is 0.143 e. The quantitative estimate of drug-likeness (QED) is 0.846. The van der Waals surface area contributed by atoms with Gasteiger partial charge in [-0.05, 0) is 39.8 Å². The van der Waals surface area contributed by atoms with Crippen LogP contribution in [0.2, 0.25) is 0 Å². The number of thioether (sulfide) groups is 1. The average molecular weight is 237 g/mol. The van der Waals surface area contributed by atoms with Crippen molar-refractivity contribution in [2.45, 2.75) is 43.4 Å². The highest BCUT2D eigenvalue weighted by molar-refractivity contribution is 8.00. The molecule has 0 radical (unpaired) electrons. The van der Waals surface area contributed by atoms with Crippen molar-refractivity contribution in [2.75, 3.05) is 11.9 Å². The van der Waals surface area contributed by atoms with Gasteiger partial charge in [-0.3, -0.25) is 0 Å². The Labute approximate surface area is 102 Å². The van der Waals surface area contributed by atoms with E-state index in [1.54, 1.807) is 0 Å². The van der Waals surface area contributed by atoms with Crippen LogP contribution in [0, 0.1) is 0 Å². The molecule has 0 bridgehead atoms. The molecule has 88 valence electrons. The summed E-state index contributed by atoms with van der Waals surface area (Å²) in [6.45, 7) is 9.59. The zero-order chi connectivity index (χ0) is 11.8. The largest absolute Gasteiger partial charge is 0.489 e. The first-order valence-corrected chi connectivity index (χ1v) is 6.52. The summed E-state index contributed by atoms with van der Waals surface area (Å²) in [6.07, 6.45) is 0.216. The van der Waals surface area contributed by atoms with Crippen molar-refractivity contribution >= 4 is 17.4 Å². The van der Waals surface area contributed by atoms with Crippen molar-refractivity contribution in [1.82, 2.24) is 0 Å². The monoisotopic (exact) mass is 237 g/mol. The second-order valence-electron chi connectivity index (χ2n) is 5.01. The molecule has 0 atom stereocenters. The zero-order valence-electron chi connectivity index (χ0n) is 10.3. The molecule has 1 aromatic carbocycles. The van der Waals surface area contributed by atoms with Crippen molar-refractivity contribution in [1.29, 1.82) is 0 Å². The molecule has 1 heterocycles. The van der Waals surface area contributed by atoms with Crippen LogP contribution in [-0.4, -0.2) is 17.4 Å². The Kier molecular flexibility index (Phi) is 3.06. The number of nitrogens with one attached hydrogen (secondary N) is 1. The van der Waals surface area contributed by atoms with Gasteiger partial charge in [0.1, 0.15) is 5.75 Å². The highest BCUT2D eigenvalue weighted by atomic mass is 32.2. The maximum Gasteiger partial charge on any atom is 0.143 e. The van der Waals surface area contributed by atoms with E-state index in [1.165, 1.54) is 4.90 Å². The molecule has 0 fully saturated rings. The summed E-state index contributed by atoms with van der Waals surface area (Å²) in [5, 5.41) is 3.48. The SMILES string of the molecule is CC(C)Oc1cccc2c1NCC(C)(C)S2. The summed E-state index contributed by atoms with van der Waals surface area (Å²) in [5.74, 6) is 0.968. The molecule has 0 aromatic heterocycles. The number of para-hydroxylation sites is 1. The predicted octanol–water partition coefficient (Wildman–Crippen LogP) is 3.77. The Hall–Kier alpha value is -0.830. The first kappa shape index (κ1) is 11.6. The summed E-state index contributed by atoms with van der Waals surface area (Å²) in [4.78, 5) is 1.29. The van der Waals surface area contributed by atoms with Gasteiger partial charge < -0.3 is 10.1 Å². The minimum atomic E-state index is 0.216. The molecule has 2 nitrogen and oxygen atoms in total. The van der Waals surface area contributed by atoms with Gasteiger partial charge in [0.25, 0.3) is 0 Å². The van der Waals surface area contributed by atoms with Crippen LogP contribution in [-0.2, 0) is 0 Å². The number of benzene rings is 1. The summed E-state index contributed by atoms with van der Waals surface area (Å²) in [7, 11) is 0. The second kappa shape index (κ2) is 4.21. The number of ether oxygens (including phenoxy) is 1. The number of rotatable bonds is 2. The van der Waals surface area contributed by atoms with E-state index < -0.39 is 0 Å². The minimum absolute atomic E-state index is 0.216. The van der Waals surface area contributed by atoms with Gasteiger partial charge in [-0.15, -0.1) is 11.8 Å². The number of fused-ring (bicyclic) bond motifs is 1. The molecule has 1 aliphatic rings. The fourth-order valence-corrected chi connectivity index (χ4v) is 2.92. The molecule has 1 aromatic rings. The van der Waals surface area contributed by atoms with E-state index in [4.69, 9.17) is 4.74 Å². The van der Waals surface area contributed by atoms with Gasteiger partial charge >= 0.3 is 0 Å². The maximum atomic E-state index is 5.80.